The van der Waals surface area contributed by atoms with Crippen LogP contribution in [0.5, 0.6) is 5.75 Å². The van der Waals surface area contributed by atoms with E-state index in [1.165, 1.54) is 0 Å². The number of H-pyrrole nitrogens is 1. The van der Waals surface area contributed by atoms with E-state index in [9.17, 15) is 4.79 Å². The number of pyridine rings is 1. The van der Waals surface area contributed by atoms with Gasteiger partial charge in [-0.1, -0.05) is 12.1 Å². The summed E-state index contributed by atoms with van der Waals surface area (Å²) in [4.78, 5) is 17.7. The summed E-state index contributed by atoms with van der Waals surface area (Å²) in [5, 5.41) is 0.692. The summed E-state index contributed by atoms with van der Waals surface area (Å²) in [6.07, 6.45) is 0. The van der Waals surface area contributed by atoms with Crippen molar-refractivity contribution in [1.29, 1.82) is 0 Å². The lowest BCUT2D eigenvalue weighted by Gasteiger charge is -2.13. The number of rotatable bonds is 3. The number of benzene rings is 2. The second-order valence-electron chi connectivity index (χ2n) is 5.40. The van der Waals surface area contributed by atoms with Crippen molar-refractivity contribution in [2.24, 2.45) is 0 Å². The van der Waals surface area contributed by atoms with Crippen LogP contribution in [0.2, 0.25) is 0 Å². The van der Waals surface area contributed by atoms with Gasteiger partial charge >= 0.3 is 0 Å². The Morgan fingerprint density at radius 2 is 1.86 bits per heavy atom. The topological polar surface area (TPSA) is 45.3 Å². The fourth-order valence-corrected chi connectivity index (χ4v) is 2.46. The van der Waals surface area contributed by atoms with Crippen LogP contribution in [0.1, 0.15) is 0 Å². The van der Waals surface area contributed by atoms with Crippen LogP contribution in [0, 0.1) is 0 Å². The predicted octanol–water partition coefficient (Wildman–Crippen LogP) is 3.27. The van der Waals surface area contributed by atoms with Gasteiger partial charge in [-0.25, -0.2) is 0 Å². The van der Waals surface area contributed by atoms with Crippen molar-refractivity contribution in [2.75, 3.05) is 26.1 Å². The van der Waals surface area contributed by atoms with Crippen LogP contribution < -0.4 is 15.1 Å². The second-order valence-corrected chi connectivity index (χ2v) is 5.40. The molecule has 112 valence electrons. The normalized spacial score (nSPS) is 10.7. The number of aromatic amines is 1. The number of hydrogen-bond donors (Lipinski definition) is 1. The standard InChI is InChI=1S/C18H18N2O2/c1-20(2)13-7-8-16-15(10-13)18(21)11-17(19-16)12-5-4-6-14(9-12)22-3/h4-11H,1-3H3,(H,19,21). The van der Waals surface area contributed by atoms with Crippen LogP contribution in [-0.2, 0) is 0 Å². The summed E-state index contributed by atoms with van der Waals surface area (Å²) in [6, 6.07) is 15.1. The van der Waals surface area contributed by atoms with Crippen LogP contribution >= 0.6 is 0 Å². The van der Waals surface area contributed by atoms with Crippen molar-refractivity contribution >= 4 is 16.6 Å². The molecular formula is C18H18N2O2. The fourth-order valence-electron chi connectivity index (χ4n) is 2.46. The van der Waals surface area contributed by atoms with E-state index in [2.05, 4.69) is 4.98 Å². The molecule has 4 heteroatoms. The molecule has 0 atom stereocenters. The van der Waals surface area contributed by atoms with Gasteiger partial charge in [0, 0.05) is 48.0 Å². The Hall–Kier alpha value is -2.75. The number of nitrogens with one attached hydrogen (secondary N) is 1. The van der Waals surface area contributed by atoms with Crippen molar-refractivity contribution in [3.8, 4) is 17.0 Å². The molecule has 1 N–H and O–H groups in total. The Kier molecular flexibility index (Phi) is 3.59. The molecule has 0 saturated carbocycles. The quantitative estimate of drug-likeness (QED) is 0.806. The highest BCUT2D eigenvalue weighted by Crippen LogP contribution is 2.24. The maximum Gasteiger partial charge on any atom is 0.190 e. The average Bonchev–Trinajstić information content (AvgIpc) is 2.54. The number of nitrogens with zero attached hydrogens (tertiary/aromatic N) is 1. The molecule has 0 aliphatic carbocycles. The van der Waals surface area contributed by atoms with E-state index in [0.29, 0.717) is 5.39 Å². The largest absolute Gasteiger partial charge is 0.497 e. The van der Waals surface area contributed by atoms with Gasteiger partial charge in [0.15, 0.2) is 5.43 Å². The zero-order valence-corrected chi connectivity index (χ0v) is 12.9. The molecule has 2 aromatic carbocycles. The third-order valence-electron chi connectivity index (χ3n) is 3.71. The maximum absolute atomic E-state index is 12.4. The van der Waals surface area contributed by atoms with E-state index in [1.54, 1.807) is 13.2 Å². The molecule has 0 unspecified atom stereocenters. The number of anilines is 1. The molecule has 0 spiro atoms. The first kappa shape index (κ1) is 14.2. The Morgan fingerprint density at radius 1 is 1.05 bits per heavy atom. The fraction of sp³-hybridized carbons (Fsp3) is 0.167. The highest BCUT2D eigenvalue weighted by Gasteiger charge is 2.07. The lowest BCUT2D eigenvalue weighted by Crippen LogP contribution is -2.10. The third kappa shape index (κ3) is 2.55. The lowest BCUT2D eigenvalue weighted by atomic mass is 10.1. The smallest absolute Gasteiger partial charge is 0.190 e. The van der Waals surface area contributed by atoms with Gasteiger partial charge in [0.05, 0.1) is 7.11 Å². The minimum absolute atomic E-state index is 0.00951. The average molecular weight is 294 g/mol. The number of fused-ring (bicyclic) bond motifs is 1. The van der Waals surface area contributed by atoms with Crippen molar-refractivity contribution < 1.29 is 4.74 Å². The van der Waals surface area contributed by atoms with Gasteiger partial charge in [-0.15, -0.1) is 0 Å². The Bertz CT molecular complexity index is 882. The molecule has 3 rings (SSSR count). The third-order valence-corrected chi connectivity index (χ3v) is 3.71. The van der Waals surface area contributed by atoms with Crippen LogP contribution in [0.15, 0.2) is 53.3 Å². The summed E-state index contributed by atoms with van der Waals surface area (Å²) >= 11 is 0. The Balaban J connectivity index is 2.17. The van der Waals surface area contributed by atoms with E-state index < -0.39 is 0 Å². The summed E-state index contributed by atoms with van der Waals surface area (Å²) in [7, 11) is 5.55. The van der Waals surface area contributed by atoms with E-state index in [0.717, 1.165) is 28.2 Å². The molecule has 4 nitrogen and oxygen atoms in total. The van der Waals surface area contributed by atoms with Crippen molar-refractivity contribution in [3.63, 3.8) is 0 Å². The molecule has 0 fully saturated rings. The maximum atomic E-state index is 12.4. The van der Waals surface area contributed by atoms with Crippen LogP contribution in [-0.4, -0.2) is 26.2 Å². The molecule has 0 amide bonds. The Labute approximate surface area is 129 Å². The Morgan fingerprint density at radius 3 is 2.59 bits per heavy atom. The zero-order chi connectivity index (χ0) is 15.7. The van der Waals surface area contributed by atoms with Gasteiger partial charge < -0.3 is 14.6 Å². The number of hydrogen-bond acceptors (Lipinski definition) is 3. The molecule has 3 aromatic rings. The van der Waals surface area contributed by atoms with Gasteiger partial charge in [0.2, 0.25) is 0 Å². The molecular weight excluding hydrogens is 276 g/mol. The van der Waals surface area contributed by atoms with Crippen LogP contribution in [0.4, 0.5) is 5.69 Å². The predicted molar refractivity (Wildman–Crippen MR) is 90.9 cm³/mol. The summed E-state index contributed by atoms with van der Waals surface area (Å²) < 4.78 is 5.24. The highest BCUT2D eigenvalue weighted by molar-refractivity contribution is 5.84. The first-order valence-corrected chi connectivity index (χ1v) is 7.07. The first-order chi connectivity index (χ1) is 10.6. The second kappa shape index (κ2) is 5.56. The van der Waals surface area contributed by atoms with E-state index in [4.69, 9.17) is 4.74 Å². The SMILES string of the molecule is COc1cccc(-c2cc(=O)c3cc(N(C)C)ccc3[nH]2)c1. The molecule has 1 aromatic heterocycles. The molecule has 0 radical (unpaired) electrons. The summed E-state index contributed by atoms with van der Waals surface area (Å²) in [5.41, 5.74) is 3.56. The monoisotopic (exact) mass is 294 g/mol. The molecule has 0 aliphatic heterocycles. The van der Waals surface area contributed by atoms with Gasteiger partial charge in [-0.05, 0) is 30.3 Å². The minimum atomic E-state index is 0.00951. The first-order valence-electron chi connectivity index (χ1n) is 7.07. The van der Waals surface area contributed by atoms with Crippen molar-refractivity contribution in [1.82, 2.24) is 4.98 Å². The molecule has 22 heavy (non-hydrogen) atoms. The van der Waals surface area contributed by atoms with Gasteiger partial charge in [0.1, 0.15) is 5.75 Å². The van der Waals surface area contributed by atoms with Gasteiger partial charge in [-0.2, -0.15) is 0 Å². The van der Waals surface area contributed by atoms with Crippen molar-refractivity contribution in [3.05, 3.63) is 58.8 Å². The molecule has 0 saturated heterocycles. The zero-order valence-electron chi connectivity index (χ0n) is 12.9. The van der Waals surface area contributed by atoms with Crippen molar-refractivity contribution in [2.45, 2.75) is 0 Å². The lowest BCUT2D eigenvalue weighted by molar-refractivity contribution is 0.415. The molecule has 0 aliphatic rings. The number of aromatic nitrogens is 1. The van der Waals surface area contributed by atoms with E-state index >= 15 is 0 Å². The number of ether oxygens (including phenoxy) is 1. The highest BCUT2D eigenvalue weighted by atomic mass is 16.5. The molecule has 0 bridgehead atoms. The van der Waals surface area contributed by atoms with Gasteiger partial charge in [-0.3, -0.25) is 4.79 Å². The minimum Gasteiger partial charge on any atom is -0.497 e. The van der Waals surface area contributed by atoms with Crippen LogP contribution in [0.3, 0.4) is 0 Å². The van der Waals surface area contributed by atoms with E-state index in [1.807, 2.05) is 61.5 Å². The summed E-state index contributed by atoms with van der Waals surface area (Å²) in [5.74, 6) is 0.765. The summed E-state index contributed by atoms with van der Waals surface area (Å²) in [6.45, 7) is 0. The van der Waals surface area contributed by atoms with Gasteiger partial charge in [0.25, 0.3) is 0 Å². The molecule has 1 heterocycles. The van der Waals surface area contributed by atoms with Crippen LogP contribution in [0.25, 0.3) is 22.2 Å². The number of methoxy groups -OCH3 is 1. The van der Waals surface area contributed by atoms with E-state index in [-0.39, 0.29) is 5.43 Å².